The Hall–Kier alpha value is -4.08. The van der Waals surface area contributed by atoms with Crippen LogP contribution in [0.3, 0.4) is 0 Å². The fourth-order valence-electron chi connectivity index (χ4n) is 6.58. The van der Waals surface area contributed by atoms with Crippen LogP contribution in [0.5, 0.6) is 0 Å². The predicted molar refractivity (Wildman–Crippen MR) is 192 cm³/mol. The highest BCUT2D eigenvalue weighted by Crippen LogP contribution is 2.67. The molecule has 43 heavy (non-hydrogen) atoms. The van der Waals surface area contributed by atoms with E-state index in [9.17, 15) is 0 Å². The average molecular weight is 591 g/mol. The van der Waals surface area contributed by atoms with Crippen molar-refractivity contribution < 1.29 is 0 Å². The molecule has 1 aliphatic carbocycles. The zero-order valence-electron chi connectivity index (χ0n) is 24.3. The van der Waals surface area contributed by atoms with Crippen LogP contribution in [-0.4, -0.2) is 5.66 Å². The molecule has 0 saturated heterocycles. The second-order valence-corrected chi connectivity index (χ2v) is 18.3. The van der Waals surface area contributed by atoms with Crippen molar-refractivity contribution in [3.05, 3.63) is 187 Å². The highest BCUT2D eigenvalue weighted by atomic mass is 31.2. The summed E-state index contributed by atoms with van der Waals surface area (Å²) in [6.07, 6.45) is 4.97. The molecule has 0 aliphatic heterocycles. The van der Waals surface area contributed by atoms with E-state index in [1.54, 1.807) is 0 Å². The Kier molecular flexibility index (Phi) is 7.91. The van der Waals surface area contributed by atoms with Gasteiger partial charge >= 0.3 is 0 Å². The second kappa shape index (κ2) is 12.3. The van der Waals surface area contributed by atoms with Crippen LogP contribution in [0.25, 0.3) is 6.08 Å². The number of benzene rings is 6. The summed E-state index contributed by atoms with van der Waals surface area (Å²) in [6, 6.07) is 65.4. The highest BCUT2D eigenvalue weighted by Gasteiger charge is 2.57. The first-order chi connectivity index (χ1) is 21.3. The van der Waals surface area contributed by atoms with Crippen LogP contribution in [0.15, 0.2) is 182 Å². The van der Waals surface area contributed by atoms with Crippen molar-refractivity contribution >= 4 is 52.4 Å². The lowest BCUT2D eigenvalue weighted by Gasteiger charge is -2.27. The Labute approximate surface area is 257 Å². The topological polar surface area (TPSA) is 0 Å². The molecule has 0 heterocycles. The maximum absolute atomic E-state index is 2.51. The molecule has 0 unspecified atom stereocenters. The fourth-order valence-corrected chi connectivity index (χ4v) is 15.3. The van der Waals surface area contributed by atoms with Gasteiger partial charge < -0.3 is 0 Å². The molecule has 0 amide bonds. The van der Waals surface area contributed by atoms with Gasteiger partial charge in [0.2, 0.25) is 0 Å². The zero-order valence-corrected chi connectivity index (χ0v) is 26.1. The van der Waals surface area contributed by atoms with Crippen LogP contribution in [0, 0.1) is 0 Å². The van der Waals surface area contributed by atoms with Crippen molar-refractivity contribution in [3.63, 3.8) is 0 Å². The Morgan fingerprint density at radius 2 is 0.698 bits per heavy atom. The van der Waals surface area contributed by atoms with E-state index >= 15 is 0 Å². The third-order valence-electron chi connectivity index (χ3n) is 8.70. The van der Waals surface area contributed by atoms with Crippen LogP contribution in [0.4, 0.5) is 0 Å². The first-order valence-corrected chi connectivity index (χ1v) is 18.9. The molecule has 6 aromatic carbocycles. The van der Waals surface area contributed by atoms with Crippen molar-refractivity contribution in [2.45, 2.75) is 18.5 Å². The van der Waals surface area contributed by atoms with Crippen LogP contribution in [0.1, 0.15) is 18.4 Å². The third-order valence-corrected chi connectivity index (χ3v) is 17.6. The lowest BCUT2D eigenvalue weighted by atomic mass is 10.2. The summed E-state index contributed by atoms with van der Waals surface area (Å²) in [4.78, 5) is 0. The Balaban J connectivity index is 1.35. The molecule has 0 nitrogen and oxygen atoms in total. The Bertz CT molecular complexity index is 1640. The molecule has 0 atom stereocenters. The van der Waals surface area contributed by atoms with E-state index in [4.69, 9.17) is 0 Å². The summed E-state index contributed by atoms with van der Waals surface area (Å²) >= 11 is 0. The average Bonchev–Trinajstić information content (AvgIpc) is 3.95. The molecule has 0 radical (unpaired) electrons. The summed E-state index contributed by atoms with van der Waals surface area (Å²) in [7, 11) is -3.78. The molecule has 7 rings (SSSR count). The molecule has 2 heteroatoms. The van der Waals surface area contributed by atoms with Crippen LogP contribution in [0.2, 0.25) is 0 Å². The van der Waals surface area contributed by atoms with E-state index in [1.165, 1.54) is 50.2 Å². The first kappa shape index (κ1) is 27.7. The molecule has 1 saturated carbocycles. The smallest absolute Gasteiger partial charge is 0.0620 e. The number of hydrogen-bond acceptors (Lipinski definition) is 0. The van der Waals surface area contributed by atoms with E-state index in [0.29, 0.717) is 5.66 Å². The van der Waals surface area contributed by atoms with Crippen LogP contribution in [-0.2, 0) is 0 Å². The van der Waals surface area contributed by atoms with Gasteiger partial charge in [0.25, 0.3) is 0 Å². The normalized spacial score (nSPS) is 13.7. The van der Waals surface area contributed by atoms with Gasteiger partial charge in [-0.25, -0.2) is 0 Å². The predicted octanol–water partition coefficient (Wildman–Crippen LogP) is 8.11. The summed E-state index contributed by atoms with van der Waals surface area (Å²) in [5.74, 6) is 2.51. The summed E-state index contributed by atoms with van der Waals surface area (Å²) < 4.78 is 0. The van der Waals surface area contributed by atoms with Gasteiger partial charge in [-0.1, -0.05) is 103 Å². The van der Waals surface area contributed by atoms with Gasteiger partial charge in [-0.05, 0) is 97.3 Å². The lowest BCUT2D eigenvalue weighted by Crippen LogP contribution is -2.34. The van der Waals surface area contributed by atoms with Gasteiger partial charge in [0, 0.05) is 0 Å². The quantitative estimate of drug-likeness (QED) is 0.149. The minimum absolute atomic E-state index is 0.714. The second-order valence-electron chi connectivity index (χ2n) is 11.3. The van der Waals surface area contributed by atoms with Gasteiger partial charge in [-0.2, -0.15) is 0 Å². The third kappa shape index (κ3) is 5.21. The van der Waals surface area contributed by atoms with Crippen molar-refractivity contribution in [3.8, 4) is 0 Å². The maximum Gasteiger partial charge on any atom is 0.136 e. The van der Waals surface area contributed by atoms with Crippen LogP contribution >= 0.6 is 14.5 Å². The summed E-state index contributed by atoms with van der Waals surface area (Å²) in [5, 5.41) is 8.58. The molecule has 208 valence electrons. The van der Waals surface area contributed by atoms with E-state index < -0.39 is 14.5 Å². The maximum atomic E-state index is 2.51. The monoisotopic (exact) mass is 590 g/mol. The van der Waals surface area contributed by atoms with Crippen molar-refractivity contribution in [1.29, 1.82) is 0 Å². The SMILES string of the molecule is C(=C\[P+](c1ccccc1)(c1ccccc1)c1ccccc1)/c1ccc([P+](c2ccccc2)(c2ccccc2)C2CC2)cc1. The molecule has 0 aromatic heterocycles. The molecule has 0 spiro atoms. The summed E-state index contributed by atoms with van der Waals surface area (Å²) in [5.41, 5.74) is 1.96. The Morgan fingerprint density at radius 3 is 1.05 bits per heavy atom. The van der Waals surface area contributed by atoms with Gasteiger partial charge in [-0.3, -0.25) is 0 Å². The minimum Gasteiger partial charge on any atom is -0.0620 e. The molecular weight excluding hydrogens is 554 g/mol. The van der Waals surface area contributed by atoms with Crippen LogP contribution < -0.4 is 31.8 Å². The van der Waals surface area contributed by atoms with Crippen molar-refractivity contribution in [2.24, 2.45) is 0 Å². The molecular formula is C41H36P2+2. The van der Waals surface area contributed by atoms with Gasteiger partial charge in [-0.15, -0.1) is 0 Å². The molecule has 0 N–H and O–H groups in total. The van der Waals surface area contributed by atoms with E-state index in [1.807, 2.05) is 0 Å². The minimum atomic E-state index is -2.04. The lowest BCUT2D eigenvalue weighted by molar-refractivity contribution is 1.47. The largest absolute Gasteiger partial charge is 0.136 e. The molecule has 1 aliphatic rings. The highest BCUT2D eigenvalue weighted by molar-refractivity contribution is 7.98. The van der Waals surface area contributed by atoms with Crippen molar-refractivity contribution in [1.82, 2.24) is 0 Å². The van der Waals surface area contributed by atoms with E-state index in [0.717, 1.165) is 0 Å². The molecule has 6 aromatic rings. The number of rotatable bonds is 9. The van der Waals surface area contributed by atoms with Gasteiger partial charge in [0.05, 0.1) is 11.5 Å². The van der Waals surface area contributed by atoms with E-state index in [2.05, 4.69) is 188 Å². The first-order valence-electron chi connectivity index (χ1n) is 15.2. The molecule has 0 bridgehead atoms. The number of hydrogen-bond donors (Lipinski definition) is 0. The Morgan fingerprint density at radius 1 is 0.372 bits per heavy atom. The van der Waals surface area contributed by atoms with Gasteiger partial charge in [0.15, 0.2) is 0 Å². The zero-order chi connectivity index (χ0) is 29.0. The standard InChI is InChI=1S/C41H36P2/c1-6-16-35(17-7-1)42(36-18-8-2-9-19-36,37-20-10-3-11-21-37)33-32-34-26-28-40(29-27-34)43(41-30-31-41,38-22-12-4-13-23-38)39-24-14-5-15-25-39/h1-29,32-33,41H,30-31H2/q+2/b33-32+. The van der Waals surface area contributed by atoms with E-state index in [-0.39, 0.29) is 0 Å². The summed E-state index contributed by atoms with van der Waals surface area (Å²) in [6.45, 7) is 0. The fraction of sp³-hybridized carbons (Fsp3) is 0.0732. The molecule has 1 fully saturated rings. The van der Waals surface area contributed by atoms with Gasteiger partial charge in [0.1, 0.15) is 46.4 Å². The van der Waals surface area contributed by atoms with Crippen molar-refractivity contribution in [2.75, 3.05) is 0 Å².